The standard InChI is InChI=1S/C25H30N2O5/c1-4-17-32-22-11-5-19(18-23(22)31-3)6-12-24(28)26-13-15-27(16-14-26)25(29)20-7-9-21(30-2)10-8-20/h5-12,18H,4,13-17H2,1-3H3/b12-6+. The molecule has 0 spiro atoms. The number of amides is 2. The maximum absolute atomic E-state index is 12.7. The van der Waals surface area contributed by atoms with Gasteiger partial charge in [0.05, 0.1) is 20.8 Å². The molecule has 7 nitrogen and oxygen atoms in total. The Morgan fingerprint density at radius 2 is 1.59 bits per heavy atom. The smallest absolute Gasteiger partial charge is 0.253 e. The number of carbonyl (C=O) groups is 2. The Kier molecular flexibility index (Phi) is 8.14. The Bertz CT molecular complexity index is 947. The van der Waals surface area contributed by atoms with E-state index in [1.807, 2.05) is 25.1 Å². The number of hydrogen-bond acceptors (Lipinski definition) is 5. The fourth-order valence-corrected chi connectivity index (χ4v) is 3.44. The molecule has 0 radical (unpaired) electrons. The molecule has 1 aliphatic rings. The van der Waals surface area contributed by atoms with E-state index < -0.39 is 0 Å². The summed E-state index contributed by atoms with van der Waals surface area (Å²) in [6, 6.07) is 12.7. The number of methoxy groups -OCH3 is 2. The lowest BCUT2D eigenvalue weighted by atomic mass is 10.1. The third-order valence-corrected chi connectivity index (χ3v) is 5.28. The largest absolute Gasteiger partial charge is 0.497 e. The fraction of sp³-hybridized carbons (Fsp3) is 0.360. The second-order valence-corrected chi connectivity index (χ2v) is 7.44. The topological polar surface area (TPSA) is 68.3 Å². The van der Waals surface area contributed by atoms with E-state index in [4.69, 9.17) is 14.2 Å². The number of ether oxygens (including phenoxy) is 3. The van der Waals surface area contributed by atoms with Crippen LogP contribution in [0.1, 0.15) is 29.3 Å². The van der Waals surface area contributed by atoms with Gasteiger partial charge in [-0.05, 0) is 54.5 Å². The SMILES string of the molecule is CCCOc1ccc(/C=C/C(=O)N2CCN(C(=O)c3ccc(OC)cc3)CC2)cc1OC. The monoisotopic (exact) mass is 438 g/mol. The molecule has 0 atom stereocenters. The van der Waals surface area contributed by atoms with E-state index in [1.54, 1.807) is 60.4 Å². The predicted molar refractivity (Wildman–Crippen MR) is 123 cm³/mol. The summed E-state index contributed by atoms with van der Waals surface area (Å²) in [7, 11) is 3.19. The minimum atomic E-state index is -0.0770. The average Bonchev–Trinajstić information content (AvgIpc) is 2.85. The first-order valence-electron chi connectivity index (χ1n) is 10.8. The Morgan fingerprint density at radius 3 is 2.22 bits per heavy atom. The first-order chi connectivity index (χ1) is 15.5. The quantitative estimate of drug-likeness (QED) is 0.590. The van der Waals surface area contributed by atoms with Gasteiger partial charge in [-0.15, -0.1) is 0 Å². The van der Waals surface area contributed by atoms with Crippen molar-refractivity contribution in [1.82, 2.24) is 9.80 Å². The van der Waals surface area contributed by atoms with Gasteiger partial charge in [0.2, 0.25) is 5.91 Å². The summed E-state index contributed by atoms with van der Waals surface area (Å²) >= 11 is 0. The maximum atomic E-state index is 12.7. The predicted octanol–water partition coefficient (Wildman–Crippen LogP) is 3.49. The molecular formula is C25H30N2O5. The molecule has 0 unspecified atom stereocenters. The Labute approximate surface area is 189 Å². The molecule has 2 aromatic rings. The molecule has 0 aromatic heterocycles. The van der Waals surface area contributed by atoms with Gasteiger partial charge in [-0.1, -0.05) is 13.0 Å². The van der Waals surface area contributed by atoms with Crippen LogP contribution in [0.2, 0.25) is 0 Å². The minimum Gasteiger partial charge on any atom is -0.497 e. The van der Waals surface area contributed by atoms with Gasteiger partial charge in [0, 0.05) is 37.8 Å². The van der Waals surface area contributed by atoms with E-state index in [9.17, 15) is 9.59 Å². The van der Waals surface area contributed by atoms with E-state index in [1.165, 1.54) is 0 Å². The summed E-state index contributed by atoms with van der Waals surface area (Å²) < 4.78 is 16.2. The molecule has 1 fully saturated rings. The molecule has 0 N–H and O–H groups in total. The van der Waals surface area contributed by atoms with Crippen LogP contribution in [0.3, 0.4) is 0 Å². The number of rotatable bonds is 8. The molecule has 1 aliphatic heterocycles. The third-order valence-electron chi connectivity index (χ3n) is 5.28. The molecule has 2 amide bonds. The summed E-state index contributed by atoms with van der Waals surface area (Å²) in [5, 5.41) is 0. The zero-order chi connectivity index (χ0) is 22.9. The molecule has 2 aromatic carbocycles. The highest BCUT2D eigenvalue weighted by molar-refractivity contribution is 5.95. The highest BCUT2D eigenvalue weighted by atomic mass is 16.5. The zero-order valence-corrected chi connectivity index (χ0v) is 18.9. The van der Waals surface area contributed by atoms with Gasteiger partial charge in [-0.3, -0.25) is 9.59 Å². The van der Waals surface area contributed by atoms with Crippen molar-refractivity contribution < 1.29 is 23.8 Å². The van der Waals surface area contributed by atoms with Gasteiger partial charge in [-0.2, -0.15) is 0 Å². The Morgan fingerprint density at radius 1 is 0.906 bits per heavy atom. The van der Waals surface area contributed by atoms with E-state index >= 15 is 0 Å². The van der Waals surface area contributed by atoms with Crippen molar-refractivity contribution in [3.8, 4) is 17.2 Å². The number of hydrogen-bond donors (Lipinski definition) is 0. The van der Waals surface area contributed by atoms with Crippen molar-refractivity contribution >= 4 is 17.9 Å². The van der Waals surface area contributed by atoms with Crippen LogP contribution in [0.5, 0.6) is 17.2 Å². The molecule has 0 saturated carbocycles. The Balaban J connectivity index is 1.54. The van der Waals surface area contributed by atoms with Crippen LogP contribution in [0.4, 0.5) is 0 Å². The minimum absolute atomic E-state index is 0.0345. The summed E-state index contributed by atoms with van der Waals surface area (Å²) in [5.74, 6) is 1.93. The normalized spacial score (nSPS) is 13.8. The van der Waals surface area contributed by atoms with Gasteiger partial charge >= 0.3 is 0 Å². The lowest BCUT2D eigenvalue weighted by Crippen LogP contribution is -2.50. The molecular weight excluding hydrogens is 408 g/mol. The van der Waals surface area contributed by atoms with Gasteiger partial charge in [0.25, 0.3) is 5.91 Å². The van der Waals surface area contributed by atoms with Crippen molar-refractivity contribution in [2.45, 2.75) is 13.3 Å². The summed E-state index contributed by atoms with van der Waals surface area (Å²) in [4.78, 5) is 28.8. The van der Waals surface area contributed by atoms with Gasteiger partial charge in [0.15, 0.2) is 11.5 Å². The third kappa shape index (κ3) is 5.81. The lowest BCUT2D eigenvalue weighted by Gasteiger charge is -2.34. The molecule has 0 aliphatic carbocycles. The Hall–Kier alpha value is -3.48. The first-order valence-corrected chi connectivity index (χ1v) is 10.8. The van der Waals surface area contributed by atoms with E-state index in [0.29, 0.717) is 55.6 Å². The van der Waals surface area contributed by atoms with Crippen molar-refractivity contribution in [2.24, 2.45) is 0 Å². The van der Waals surface area contributed by atoms with Crippen molar-refractivity contribution in [2.75, 3.05) is 47.0 Å². The fourth-order valence-electron chi connectivity index (χ4n) is 3.44. The number of nitrogens with zero attached hydrogens (tertiary/aromatic N) is 2. The number of benzene rings is 2. The molecule has 1 heterocycles. The van der Waals surface area contributed by atoms with Crippen LogP contribution in [-0.2, 0) is 4.79 Å². The van der Waals surface area contributed by atoms with Crippen LogP contribution in [-0.4, -0.2) is 68.6 Å². The molecule has 3 rings (SSSR count). The zero-order valence-electron chi connectivity index (χ0n) is 18.9. The van der Waals surface area contributed by atoms with E-state index in [2.05, 4.69) is 0 Å². The van der Waals surface area contributed by atoms with Crippen molar-refractivity contribution in [3.63, 3.8) is 0 Å². The van der Waals surface area contributed by atoms with Crippen LogP contribution < -0.4 is 14.2 Å². The molecule has 32 heavy (non-hydrogen) atoms. The molecule has 1 saturated heterocycles. The van der Waals surface area contributed by atoms with Gasteiger partial charge in [-0.25, -0.2) is 0 Å². The number of carbonyl (C=O) groups excluding carboxylic acids is 2. The van der Waals surface area contributed by atoms with Crippen LogP contribution in [0, 0.1) is 0 Å². The van der Waals surface area contributed by atoms with Crippen LogP contribution in [0.25, 0.3) is 6.08 Å². The first kappa shape index (κ1) is 23.2. The van der Waals surface area contributed by atoms with Crippen LogP contribution in [0.15, 0.2) is 48.5 Å². The lowest BCUT2D eigenvalue weighted by molar-refractivity contribution is -0.127. The maximum Gasteiger partial charge on any atom is 0.253 e. The van der Waals surface area contributed by atoms with Crippen molar-refractivity contribution in [3.05, 3.63) is 59.7 Å². The van der Waals surface area contributed by atoms with Crippen LogP contribution >= 0.6 is 0 Å². The van der Waals surface area contributed by atoms with E-state index in [-0.39, 0.29) is 11.8 Å². The highest BCUT2D eigenvalue weighted by Gasteiger charge is 2.24. The van der Waals surface area contributed by atoms with Gasteiger partial charge in [0.1, 0.15) is 5.75 Å². The second-order valence-electron chi connectivity index (χ2n) is 7.44. The summed E-state index contributed by atoms with van der Waals surface area (Å²) in [6.45, 7) is 4.67. The number of piperazine rings is 1. The highest BCUT2D eigenvalue weighted by Crippen LogP contribution is 2.28. The summed E-state index contributed by atoms with van der Waals surface area (Å²) in [5.41, 5.74) is 1.47. The second kappa shape index (κ2) is 11.2. The summed E-state index contributed by atoms with van der Waals surface area (Å²) in [6.07, 6.45) is 4.24. The molecule has 0 bridgehead atoms. The molecule has 170 valence electrons. The van der Waals surface area contributed by atoms with Crippen molar-refractivity contribution in [1.29, 1.82) is 0 Å². The van der Waals surface area contributed by atoms with Gasteiger partial charge < -0.3 is 24.0 Å². The van der Waals surface area contributed by atoms with E-state index in [0.717, 1.165) is 12.0 Å². The average molecular weight is 439 g/mol. The molecule has 7 heteroatoms.